The van der Waals surface area contributed by atoms with Gasteiger partial charge in [-0.2, -0.15) is 11.8 Å². The molecule has 2 heterocycles. The Labute approximate surface area is 181 Å². The second kappa shape index (κ2) is 12.4. The first kappa shape index (κ1) is 23.9. The highest BCUT2D eigenvalue weighted by molar-refractivity contribution is 14.0. The topological polar surface area (TPSA) is 86.7 Å². The first-order valence-electron chi connectivity index (χ1n) is 8.50. The predicted molar refractivity (Wildman–Crippen MR) is 123 cm³/mol. The van der Waals surface area contributed by atoms with Crippen LogP contribution in [0.2, 0.25) is 0 Å². The number of guanidine groups is 1. The van der Waals surface area contributed by atoms with Crippen LogP contribution >= 0.6 is 47.1 Å². The van der Waals surface area contributed by atoms with E-state index in [9.17, 15) is 8.42 Å². The van der Waals surface area contributed by atoms with Gasteiger partial charge >= 0.3 is 0 Å². The van der Waals surface area contributed by atoms with Gasteiger partial charge in [0.25, 0.3) is 0 Å². The fraction of sp³-hybridized carbons (Fsp3) is 0.733. The molecule has 150 valence electrons. The quantitative estimate of drug-likeness (QED) is 0.300. The molecule has 0 atom stereocenters. The molecule has 0 spiro atoms. The zero-order chi connectivity index (χ0) is 18.1. The van der Waals surface area contributed by atoms with E-state index < -0.39 is 10.0 Å². The Hall–Kier alpha value is -0.110. The smallest absolute Gasteiger partial charge is 0.215 e. The Kier molecular flexibility index (Phi) is 11.4. The van der Waals surface area contributed by atoms with Crippen molar-refractivity contribution in [1.82, 2.24) is 19.9 Å². The van der Waals surface area contributed by atoms with Crippen molar-refractivity contribution in [2.45, 2.75) is 20.3 Å². The van der Waals surface area contributed by atoms with E-state index in [-0.39, 0.29) is 36.3 Å². The molecular weight excluding hydrogens is 505 g/mol. The maximum atomic E-state index is 12.3. The van der Waals surface area contributed by atoms with Crippen molar-refractivity contribution in [3.8, 4) is 0 Å². The summed E-state index contributed by atoms with van der Waals surface area (Å²) in [6, 6.07) is 0. The number of hydrogen-bond acceptors (Lipinski definition) is 6. The maximum absolute atomic E-state index is 12.3. The minimum Gasteiger partial charge on any atom is -0.357 e. The number of hydrogen-bond donors (Lipinski definition) is 2. The highest BCUT2D eigenvalue weighted by Crippen LogP contribution is 2.13. The van der Waals surface area contributed by atoms with Crippen LogP contribution in [0.15, 0.2) is 11.2 Å². The molecule has 1 saturated heterocycles. The van der Waals surface area contributed by atoms with Crippen molar-refractivity contribution in [2.75, 3.05) is 50.0 Å². The molecule has 1 aliphatic heterocycles. The lowest BCUT2D eigenvalue weighted by atomic mass is 10.4. The van der Waals surface area contributed by atoms with E-state index in [1.54, 1.807) is 27.4 Å². The standard InChI is InChI=1S/C15H27N5O2S3.HI/c1-3-16-15(17-5-4-14-19-12-13(2)24-14)18-6-11-25(21,22)20-7-9-23-10-8-20;/h12H,3-11H2,1-2H3,(H2,16,17,18);1H. The van der Waals surface area contributed by atoms with Crippen molar-refractivity contribution in [2.24, 2.45) is 4.99 Å². The van der Waals surface area contributed by atoms with Crippen LogP contribution in [0.25, 0.3) is 0 Å². The Morgan fingerprint density at radius 2 is 2.08 bits per heavy atom. The number of nitrogens with one attached hydrogen (secondary N) is 2. The molecule has 0 amide bonds. The normalized spacial score (nSPS) is 16.2. The highest BCUT2D eigenvalue weighted by atomic mass is 127. The summed E-state index contributed by atoms with van der Waals surface area (Å²) in [5.41, 5.74) is 0. The van der Waals surface area contributed by atoms with Crippen LogP contribution in [0.1, 0.15) is 16.8 Å². The number of thioether (sulfide) groups is 1. The van der Waals surface area contributed by atoms with E-state index in [1.165, 1.54) is 4.88 Å². The molecule has 0 saturated carbocycles. The number of aryl methyl sites for hydroxylation is 1. The van der Waals surface area contributed by atoms with E-state index in [1.807, 2.05) is 20.0 Å². The molecule has 26 heavy (non-hydrogen) atoms. The van der Waals surface area contributed by atoms with Crippen LogP contribution in [0.4, 0.5) is 0 Å². The zero-order valence-corrected chi connectivity index (χ0v) is 20.0. The van der Waals surface area contributed by atoms with Gasteiger partial charge in [-0.25, -0.2) is 17.7 Å². The third-order valence-electron chi connectivity index (χ3n) is 3.63. The van der Waals surface area contributed by atoms with Crippen molar-refractivity contribution < 1.29 is 8.42 Å². The molecule has 0 aromatic carbocycles. The number of thiazole rings is 1. The summed E-state index contributed by atoms with van der Waals surface area (Å²) in [6.45, 7) is 6.97. The lowest BCUT2D eigenvalue weighted by molar-refractivity contribution is 0.444. The summed E-state index contributed by atoms with van der Waals surface area (Å²) < 4.78 is 26.2. The monoisotopic (exact) mass is 533 g/mol. The summed E-state index contributed by atoms with van der Waals surface area (Å²) in [7, 11) is -3.21. The van der Waals surface area contributed by atoms with Gasteiger partial charge in [0.05, 0.1) is 17.3 Å². The van der Waals surface area contributed by atoms with Crippen molar-refractivity contribution in [3.63, 3.8) is 0 Å². The molecule has 0 aliphatic carbocycles. The molecule has 11 heteroatoms. The predicted octanol–water partition coefficient (Wildman–Crippen LogP) is 1.55. The number of aliphatic imine (C=N–C) groups is 1. The van der Waals surface area contributed by atoms with Crippen molar-refractivity contribution in [1.29, 1.82) is 0 Å². The Morgan fingerprint density at radius 1 is 1.35 bits per heavy atom. The molecule has 0 unspecified atom stereocenters. The van der Waals surface area contributed by atoms with Gasteiger partial charge in [0.1, 0.15) is 0 Å². The van der Waals surface area contributed by atoms with Gasteiger partial charge in [0.15, 0.2) is 5.96 Å². The van der Waals surface area contributed by atoms with E-state index in [0.29, 0.717) is 19.0 Å². The Morgan fingerprint density at radius 3 is 2.69 bits per heavy atom. The number of sulfonamides is 1. The van der Waals surface area contributed by atoms with Crippen LogP contribution in [0.5, 0.6) is 0 Å². The van der Waals surface area contributed by atoms with Gasteiger partial charge in [0, 0.05) is 55.2 Å². The second-order valence-electron chi connectivity index (χ2n) is 5.63. The molecule has 0 bridgehead atoms. The molecule has 1 fully saturated rings. The SMILES string of the molecule is CCNC(=NCCS(=O)(=O)N1CCSCC1)NCCc1ncc(C)s1.I. The van der Waals surface area contributed by atoms with E-state index in [2.05, 4.69) is 20.6 Å². The van der Waals surface area contributed by atoms with E-state index in [0.717, 1.165) is 36.0 Å². The largest absolute Gasteiger partial charge is 0.357 e. The lowest BCUT2D eigenvalue weighted by Crippen LogP contribution is -2.41. The molecule has 1 aliphatic rings. The van der Waals surface area contributed by atoms with Crippen LogP contribution in [0.3, 0.4) is 0 Å². The first-order valence-corrected chi connectivity index (χ1v) is 12.1. The number of aromatic nitrogens is 1. The molecule has 1 aromatic rings. The van der Waals surface area contributed by atoms with Gasteiger partial charge in [-0.05, 0) is 13.8 Å². The first-order chi connectivity index (χ1) is 12.0. The fourth-order valence-corrected chi connectivity index (χ4v) is 5.61. The zero-order valence-electron chi connectivity index (χ0n) is 15.2. The van der Waals surface area contributed by atoms with Crippen LogP contribution in [-0.2, 0) is 16.4 Å². The number of rotatable bonds is 8. The van der Waals surface area contributed by atoms with Crippen LogP contribution in [0, 0.1) is 6.92 Å². The van der Waals surface area contributed by atoms with Gasteiger partial charge < -0.3 is 10.6 Å². The molecular formula is C15H28IN5O2S3. The summed E-state index contributed by atoms with van der Waals surface area (Å²) in [4.78, 5) is 9.94. The third kappa shape index (κ3) is 8.28. The van der Waals surface area contributed by atoms with Crippen molar-refractivity contribution >= 4 is 63.1 Å². The van der Waals surface area contributed by atoms with Gasteiger partial charge in [-0.3, -0.25) is 4.99 Å². The van der Waals surface area contributed by atoms with Gasteiger partial charge in [-0.1, -0.05) is 0 Å². The summed E-state index contributed by atoms with van der Waals surface area (Å²) >= 11 is 3.49. The van der Waals surface area contributed by atoms with Crippen molar-refractivity contribution in [3.05, 3.63) is 16.1 Å². The number of halogens is 1. The van der Waals surface area contributed by atoms with Crippen LogP contribution in [-0.4, -0.2) is 73.6 Å². The summed E-state index contributed by atoms with van der Waals surface area (Å²) in [6.07, 6.45) is 2.70. The van der Waals surface area contributed by atoms with E-state index in [4.69, 9.17) is 0 Å². The second-order valence-corrected chi connectivity index (χ2v) is 10.3. The molecule has 2 rings (SSSR count). The number of nitrogens with zero attached hydrogens (tertiary/aromatic N) is 3. The van der Waals surface area contributed by atoms with Gasteiger partial charge in [0.2, 0.25) is 10.0 Å². The molecule has 7 nitrogen and oxygen atoms in total. The molecule has 1 aromatic heterocycles. The average molecular weight is 534 g/mol. The fourth-order valence-electron chi connectivity index (χ4n) is 2.37. The maximum Gasteiger partial charge on any atom is 0.215 e. The minimum absolute atomic E-state index is 0. The van der Waals surface area contributed by atoms with Gasteiger partial charge in [-0.15, -0.1) is 35.3 Å². The van der Waals surface area contributed by atoms with E-state index >= 15 is 0 Å². The Bertz CT molecular complexity index is 660. The molecule has 2 N–H and O–H groups in total. The minimum atomic E-state index is -3.21. The lowest BCUT2D eigenvalue weighted by Gasteiger charge is -2.25. The summed E-state index contributed by atoms with van der Waals surface area (Å²) in [5.74, 6) is 2.46. The highest BCUT2D eigenvalue weighted by Gasteiger charge is 2.23. The molecule has 0 radical (unpaired) electrons. The average Bonchev–Trinajstić information content (AvgIpc) is 3.01. The third-order valence-corrected chi connectivity index (χ3v) is 7.39. The Balaban J connectivity index is 0.00000338. The van der Waals surface area contributed by atoms with Crippen LogP contribution < -0.4 is 10.6 Å². The summed E-state index contributed by atoms with van der Waals surface area (Å²) in [5, 5.41) is 7.48.